The van der Waals surface area contributed by atoms with E-state index in [2.05, 4.69) is 31.1 Å². The van der Waals surface area contributed by atoms with Gasteiger partial charge in [0.2, 0.25) is 11.8 Å². The molecule has 3 heterocycles. The normalized spacial score (nSPS) is 12.3. The van der Waals surface area contributed by atoms with Gasteiger partial charge >= 0.3 is 12.4 Å². The molecule has 0 saturated heterocycles. The number of hydrogen-bond acceptors (Lipinski definition) is 5. The summed E-state index contributed by atoms with van der Waals surface area (Å²) in [7, 11) is 0. The van der Waals surface area contributed by atoms with E-state index in [1.54, 1.807) is 6.07 Å². The summed E-state index contributed by atoms with van der Waals surface area (Å²) in [6.45, 7) is -0.410. The Hall–Kier alpha value is -3.40. The van der Waals surface area contributed by atoms with Gasteiger partial charge in [-0.15, -0.1) is 10.2 Å². The third-order valence-corrected chi connectivity index (χ3v) is 5.10. The van der Waals surface area contributed by atoms with E-state index in [1.165, 1.54) is 24.5 Å². The molecule has 0 spiro atoms. The van der Waals surface area contributed by atoms with Crippen molar-refractivity contribution < 1.29 is 30.8 Å². The first-order chi connectivity index (χ1) is 15.5. The van der Waals surface area contributed by atoms with Gasteiger partial charge in [0, 0.05) is 33.5 Å². The zero-order valence-corrected chi connectivity index (χ0v) is 17.8. The number of pyridine rings is 1. The van der Waals surface area contributed by atoms with E-state index in [0.717, 1.165) is 16.7 Å². The second kappa shape index (κ2) is 8.18. The molecule has 0 atom stereocenters. The first-order valence-electron chi connectivity index (χ1n) is 9.09. The van der Waals surface area contributed by atoms with Crippen LogP contribution in [0.1, 0.15) is 22.7 Å². The first kappa shape index (κ1) is 22.8. The Bertz CT molecular complexity index is 1380. The molecule has 0 aliphatic carbocycles. The minimum atomic E-state index is -4.95. The minimum absolute atomic E-state index is 0.0374. The maximum atomic E-state index is 13.7. The fourth-order valence-corrected chi connectivity index (χ4v) is 3.79. The van der Waals surface area contributed by atoms with Gasteiger partial charge in [0.1, 0.15) is 6.54 Å². The van der Waals surface area contributed by atoms with Crippen LogP contribution >= 0.6 is 15.9 Å². The smallest absolute Gasteiger partial charge is 0.418 e. The number of halogens is 7. The molecule has 0 bridgehead atoms. The highest BCUT2D eigenvalue weighted by molar-refractivity contribution is 9.10. The van der Waals surface area contributed by atoms with Gasteiger partial charge in [-0.3, -0.25) is 4.98 Å². The predicted octanol–water partition coefficient (Wildman–Crippen LogP) is 5.89. The largest absolute Gasteiger partial charge is 0.419 e. The number of rotatable bonds is 4. The first-order valence-corrected chi connectivity index (χ1v) is 9.88. The predicted molar refractivity (Wildman–Crippen MR) is 106 cm³/mol. The minimum Gasteiger partial charge on any atom is -0.419 e. The molecule has 0 fully saturated rings. The third kappa shape index (κ3) is 4.70. The van der Waals surface area contributed by atoms with Crippen LogP contribution in [0.15, 0.2) is 45.5 Å². The topological polar surface area (TPSA) is 80.5 Å². The summed E-state index contributed by atoms with van der Waals surface area (Å²) in [5.41, 5.74) is -2.13. The maximum Gasteiger partial charge on any atom is 0.418 e. The van der Waals surface area contributed by atoms with Crippen LogP contribution in [0, 0.1) is 11.3 Å². The van der Waals surface area contributed by atoms with Gasteiger partial charge in [0.15, 0.2) is 0 Å². The molecule has 0 amide bonds. The molecule has 170 valence electrons. The second-order valence-corrected chi connectivity index (χ2v) is 7.85. The van der Waals surface area contributed by atoms with Crippen LogP contribution in [-0.2, 0) is 19.1 Å². The number of hydrogen-bond donors (Lipinski definition) is 0. The summed E-state index contributed by atoms with van der Waals surface area (Å²) in [5.74, 6) is -0.0841. The quantitative estimate of drug-likeness (QED) is 0.308. The van der Waals surface area contributed by atoms with Crippen molar-refractivity contribution in [3.63, 3.8) is 0 Å². The van der Waals surface area contributed by atoms with E-state index in [1.807, 2.05) is 0 Å². The summed E-state index contributed by atoms with van der Waals surface area (Å²) < 4.78 is 87.7. The Balaban J connectivity index is 1.84. The highest BCUT2D eigenvalue weighted by Gasteiger charge is 2.38. The van der Waals surface area contributed by atoms with Crippen molar-refractivity contribution in [2.75, 3.05) is 0 Å². The average Bonchev–Trinajstić information content (AvgIpc) is 3.30. The van der Waals surface area contributed by atoms with Gasteiger partial charge in [-0.2, -0.15) is 31.6 Å². The van der Waals surface area contributed by atoms with Crippen LogP contribution in [0.25, 0.3) is 22.4 Å². The molecule has 0 unspecified atom stereocenters. The van der Waals surface area contributed by atoms with Crippen molar-refractivity contribution in [1.29, 1.82) is 5.26 Å². The van der Waals surface area contributed by atoms with Crippen molar-refractivity contribution in [2.24, 2.45) is 0 Å². The average molecular weight is 530 g/mol. The lowest BCUT2D eigenvalue weighted by Crippen LogP contribution is -2.16. The summed E-state index contributed by atoms with van der Waals surface area (Å²) >= 11 is 3.24. The van der Waals surface area contributed by atoms with Crippen LogP contribution in [0.4, 0.5) is 26.3 Å². The van der Waals surface area contributed by atoms with E-state index in [4.69, 9.17) is 9.68 Å². The molecule has 3 aromatic heterocycles. The Morgan fingerprint density at radius 1 is 1.06 bits per heavy atom. The molecule has 4 rings (SSSR count). The zero-order valence-electron chi connectivity index (χ0n) is 16.2. The number of benzene rings is 1. The Labute approximate surface area is 189 Å². The van der Waals surface area contributed by atoms with E-state index in [-0.39, 0.29) is 17.3 Å². The highest BCUT2D eigenvalue weighted by atomic mass is 79.9. The molecule has 33 heavy (non-hydrogen) atoms. The van der Waals surface area contributed by atoms with Gasteiger partial charge in [-0.25, -0.2) is 0 Å². The summed E-state index contributed by atoms with van der Waals surface area (Å²) in [5, 5.41) is 16.2. The van der Waals surface area contributed by atoms with Crippen molar-refractivity contribution in [1.82, 2.24) is 19.7 Å². The van der Waals surface area contributed by atoms with Gasteiger partial charge < -0.3 is 8.98 Å². The molecular weight excluding hydrogens is 520 g/mol. The van der Waals surface area contributed by atoms with Crippen LogP contribution < -0.4 is 0 Å². The lowest BCUT2D eigenvalue weighted by atomic mass is 10.0. The molecule has 0 N–H and O–H groups in total. The van der Waals surface area contributed by atoms with E-state index in [0.29, 0.717) is 10.0 Å². The molecule has 0 saturated carbocycles. The van der Waals surface area contributed by atoms with E-state index >= 15 is 0 Å². The molecule has 0 aliphatic rings. The number of fused-ring (bicyclic) bond motifs is 1. The summed E-state index contributed by atoms with van der Waals surface area (Å²) in [6.07, 6.45) is -8.18. The molecule has 0 aliphatic heterocycles. The lowest BCUT2D eigenvalue weighted by molar-refractivity contribution is -0.136. The fourth-order valence-electron chi connectivity index (χ4n) is 3.42. The number of nitrogens with zero attached hydrogens (tertiary/aromatic N) is 5. The SMILES string of the molecule is N#Cc1ccc2c(cc(CC(F)(F)F)n2Cc2nnc(-c3cncc(Br)c3)o2)c1C(F)(F)F. The molecule has 6 nitrogen and oxygen atoms in total. The third-order valence-electron chi connectivity index (χ3n) is 4.67. The Morgan fingerprint density at radius 2 is 1.82 bits per heavy atom. The van der Waals surface area contributed by atoms with Crippen LogP contribution in [0.3, 0.4) is 0 Å². The number of aromatic nitrogens is 4. The van der Waals surface area contributed by atoms with Gasteiger partial charge in [-0.05, 0) is 40.2 Å². The Kier molecular flexibility index (Phi) is 5.65. The number of nitriles is 1. The van der Waals surface area contributed by atoms with Crippen molar-refractivity contribution in [3.05, 3.63) is 63.8 Å². The molecule has 1 aromatic carbocycles. The standard InChI is InChI=1S/C20H10BrF6N5O/c21-12-3-11(7-29-8-12)18-31-30-16(33-18)9-32-13(5-19(22,23)24)4-14-15(32)2-1-10(6-28)17(14)20(25,26)27/h1-4,7-8H,5,9H2. The molecule has 0 radical (unpaired) electrons. The van der Waals surface area contributed by atoms with Crippen LogP contribution in [0.5, 0.6) is 0 Å². The monoisotopic (exact) mass is 529 g/mol. The molecular formula is C20H10BrF6N5O. The maximum absolute atomic E-state index is 13.7. The number of alkyl halides is 6. The Morgan fingerprint density at radius 3 is 2.45 bits per heavy atom. The van der Waals surface area contributed by atoms with E-state index < -0.39 is 47.5 Å². The van der Waals surface area contributed by atoms with Gasteiger partial charge in [0.25, 0.3) is 0 Å². The molecule has 4 aromatic rings. The zero-order chi connectivity index (χ0) is 24.0. The van der Waals surface area contributed by atoms with Crippen molar-refractivity contribution in [3.8, 4) is 17.5 Å². The van der Waals surface area contributed by atoms with Crippen molar-refractivity contribution >= 4 is 26.8 Å². The van der Waals surface area contributed by atoms with E-state index in [9.17, 15) is 26.3 Å². The fraction of sp³-hybridized carbons (Fsp3) is 0.200. The molecule has 13 heteroatoms. The summed E-state index contributed by atoms with van der Waals surface area (Å²) in [6, 6.07) is 5.95. The van der Waals surface area contributed by atoms with Crippen LogP contribution in [0.2, 0.25) is 0 Å². The lowest BCUT2D eigenvalue weighted by Gasteiger charge is -2.12. The van der Waals surface area contributed by atoms with Gasteiger partial charge in [0.05, 0.1) is 29.2 Å². The summed E-state index contributed by atoms with van der Waals surface area (Å²) in [4.78, 5) is 3.95. The second-order valence-electron chi connectivity index (χ2n) is 6.94. The van der Waals surface area contributed by atoms with Crippen molar-refractivity contribution in [2.45, 2.75) is 25.3 Å². The highest BCUT2D eigenvalue weighted by Crippen LogP contribution is 2.39. The van der Waals surface area contributed by atoms with Crippen LogP contribution in [-0.4, -0.2) is 25.9 Å². The van der Waals surface area contributed by atoms with Gasteiger partial charge in [-0.1, -0.05) is 0 Å².